The Morgan fingerprint density at radius 2 is 1.72 bits per heavy atom. The molecule has 8 nitrogen and oxygen atoms in total. The molecule has 1 saturated carbocycles. The van der Waals surface area contributed by atoms with E-state index in [1.54, 1.807) is 6.20 Å². The number of nitrogens with zero attached hydrogens (tertiary/aromatic N) is 1. The molecule has 3 rings (SSSR count). The summed E-state index contributed by atoms with van der Waals surface area (Å²) < 4.78 is 0. The van der Waals surface area contributed by atoms with Gasteiger partial charge in [-0.25, -0.2) is 4.98 Å². The molecular weight excluding hydrogens is 542 g/mol. The van der Waals surface area contributed by atoms with Crippen LogP contribution in [0.5, 0.6) is 0 Å². The number of carboxylic acid groups (broad SMARTS) is 1. The number of unbranched alkanes of at least 4 members (excludes halogenated alkanes) is 7. The van der Waals surface area contributed by atoms with Crippen molar-refractivity contribution >= 4 is 11.8 Å². The van der Waals surface area contributed by atoms with Crippen LogP contribution in [0.4, 0.5) is 5.82 Å². The number of pyridine rings is 1. The lowest BCUT2D eigenvalue weighted by Gasteiger charge is -2.32. The van der Waals surface area contributed by atoms with Crippen molar-refractivity contribution < 1.29 is 25.2 Å². The van der Waals surface area contributed by atoms with Gasteiger partial charge < -0.3 is 31.1 Å². The molecule has 2 aromatic rings. The monoisotopic (exact) mass is 599 g/mol. The molecular formula is C35H57N3O5. The molecule has 6 atom stereocenters. The summed E-state index contributed by atoms with van der Waals surface area (Å²) in [6.07, 6.45) is 17.6. The van der Waals surface area contributed by atoms with E-state index in [1.165, 1.54) is 25.7 Å². The predicted octanol–water partition coefficient (Wildman–Crippen LogP) is 6.44. The predicted molar refractivity (Wildman–Crippen MR) is 171 cm³/mol. The van der Waals surface area contributed by atoms with Gasteiger partial charge in [-0.2, -0.15) is 0 Å². The molecule has 7 N–H and O–H groups in total. The van der Waals surface area contributed by atoms with Gasteiger partial charge in [0.2, 0.25) is 0 Å². The number of aliphatic carboxylic acids is 1. The molecule has 0 aromatic carbocycles. The molecule has 2 aromatic heterocycles. The number of hydrogen-bond acceptors (Lipinski definition) is 6. The van der Waals surface area contributed by atoms with E-state index in [1.807, 2.05) is 30.5 Å². The molecule has 1 aliphatic carbocycles. The lowest BCUT2D eigenvalue weighted by atomic mass is 9.81. The Hall–Kier alpha value is -2.42. The van der Waals surface area contributed by atoms with Crippen molar-refractivity contribution in [2.75, 3.05) is 5.73 Å². The first-order valence-electron chi connectivity index (χ1n) is 16.8. The smallest absolute Gasteiger partial charge is 0.309 e. The molecule has 0 spiro atoms. The highest BCUT2D eigenvalue weighted by molar-refractivity contribution is 5.70. The second kappa shape index (κ2) is 18.4. The van der Waals surface area contributed by atoms with Gasteiger partial charge in [0.15, 0.2) is 0 Å². The third kappa shape index (κ3) is 12.2. The van der Waals surface area contributed by atoms with E-state index in [-0.39, 0.29) is 24.4 Å². The van der Waals surface area contributed by atoms with Gasteiger partial charge in [-0.1, -0.05) is 64.7 Å². The summed E-state index contributed by atoms with van der Waals surface area (Å²) >= 11 is 0. The van der Waals surface area contributed by atoms with Gasteiger partial charge in [-0.05, 0) is 99.5 Å². The van der Waals surface area contributed by atoms with Crippen molar-refractivity contribution in [3.05, 3.63) is 47.9 Å². The number of carbonyl (C=O) groups is 1. The lowest BCUT2D eigenvalue weighted by Crippen LogP contribution is -2.37. The van der Waals surface area contributed by atoms with Crippen LogP contribution in [-0.2, 0) is 17.6 Å². The number of aliphatic hydroxyl groups is 3. The van der Waals surface area contributed by atoms with E-state index in [0.29, 0.717) is 31.5 Å². The Labute approximate surface area is 258 Å². The van der Waals surface area contributed by atoms with Crippen LogP contribution in [0, 0.1) is 17.8 Å². The van der Waals surface area contributed by atoms with Gasteiger partial charge in [0.25, 0.3) is 0 Å². The zero-order valence-electron chi connectivity index (χ0n) is 26.3. The minimum atomic E-state index is -0.999. The molecule has 0 bridgehead atoms. The highest BCUT2D eigenvalue weighted by atomic mass is 16.4. The number of nitrogens with one attached hydrogen (secondary N) is 1. The fourth-order valence-corrected chi connectivity index (χ4v) is 7.13. The van der Waals surface area contributed by atoms with Gasteiger partial charge >= 0.3 is 5.97 Å². The summed E-state index contributed by atoms with van der Waals surface area (Å²) in [5.74, 6) is -1.05. The first-order valence-corrected chi connectivity index (χ1v) is 16.8. The van der Waals surface area contributed by atoms with Gasteiger partial charge in [0.05, 0.1) is 23.7 Å². The van der Waals surface area contributed by atoms with E-state index < -0.39 is 23.6 Å². The second-order valence-electron chi connectivity index (χ2n) is 13.2. The maximum absolute atomic E-state index is 12.1. The van der Waals surface area contributed by atoms with Crippen molar-refractivity contribution in [1.82, 2.24) is 9.97 Å². The highest BCUT2D eigenvalue weighted by Gasteiger charge is 2.46. The molecule has 0 amide bonds. The largest absolute Gasteiger partial charge is 0.481 e. The lowest BCUT2D eigenvalue weighted by molar-refractivity contribution is -0.146. The highest BCUT2D eigenvalue weighted by Crippen LogP contribution is 2.46. The molecule has 1 aliphatic rings. The topological polar surface area (TPSA) is 153 Å². The summed E-state index contributed by atoms with van der Waals surface area (Å²) in [6.45, 7) is 2.20. The van der Waals surface area contributed by atoms with Crippen LogP contribution in [-0.4, -0.2) is 54.2 Å². The molecule has 0 unspecified atom stereocenters. The SMILES string of the molecule is CCCCCCC[C@H](O)CCCCCC[C@H](C(=O)O)[C@H](O)CC[C@@]1(O)C[C@@H](Cc2ccnc(N)c2)C[C@H]1Cc1ccc[nH]1. The quantitative estimate of drug-likeness (QED) is 0.0852. The van der Waals surface area contributed by atoms with Crippen molar-refractivity contribution in [3.8, 4) is 0 Å². The summed E-state index contributed by atoms with van der Waals surface area (Å²) in [5.41, 5.74) is 7.08. The van der Waals surface area contributed by atoms with Crippen molar-refractivity contribution in [3.63, 3.8) is 0 Å². The van der Waals surface area contributed by atoms with Gasteiger partial charge in [-0.15, -0.1) is 0 Å². The number of carboxylic acids is 1. The summed E-state index contributed by atoms with van der Waals surface area (Å²) in [6, 6.07) is 7.84. The first kappa shape index (κ1) is 35.1. The summed E-state index contributed by atoms with van der Waals surface area (Å²) in [7, 11) is 0. The van der Waals surface area contributed by atoms with E-state index in [9.17, 15) is 25.2 Å². The zero-order chi connectivity index (χ0) is 31.1. The van der Waals surface area contributed by atoms with Crippen LogP contribution in [0.3, 0.4) is 0 Å². The number of aliphatic hydroxyl groups excluding tert-OH is 2. The molecule has 0 saturated heterocycles. The Bertz CT molecular complexity index is 1050. The normalized spacial score (nSPS) is 22.4. The Kier molecular flexibility index (Phi) is 15.0. The number of H-pyrrole nitrogens is 1. The van der Waals surface area contributed by atoms with E-state index in [0.717, 1.165) is 69.0 Å². The fourth-order valence-electron chi connectivity index (χ4n) is 7.13. The average Bonchev–Trinajstić information content (AvgIpc) is 3.58. The minimum absolute atomic E-state index is 0.0116. The Morgan fingerprint density at radius 1 is 1.02 bits per heavy atom. The summed E-state index contributed by atoms with van der Waals surface area (Å²) in [5, 5.41) is 43.0. The first-order chi connectivity index (χ1) is 20.7. The maximum atomic E-state index is 12.1. The number of aromatic nitrogens is 2. The number of anilines is 1. The van der Waals surface area contributed by atoms with Crippen LogP contribution < -0.4 is 5.73 Å². The second-order valence-corrected chi connectivity index (χ2v) is 13.2. The molecule has 0 aliphatic heterocycles. The van der Waals surface area contributed by atoms with Crippen molar-refractivity contribution in [1.29, 1.82) is 0 Å². The number of rotatable bonds is 22. The van der Waals surface area contributed by atoms with E-state index in [2.05, 4.69) is 16.9 Å². The van der Waals surface area contributed by atoms with Crippen molar-refractivity contribution in [2.45, 2.75) is 140 Å². The molecule has 43 heavy (non-hydrogen) atoms. The minimum Gasteiger partial charge on any atom is -0.481 e. The molecule has 242 valence electrons. The standard InChI is InChI=1S/C35H57N3O5/c1-2-3-4-5-8-13-30(39)14-9-6-7-10-15-31(34(41)42)32(40)16-18-35(43)25-27(21-26-17-20-38-33(36)23-26)22-28(35)24-29-12-11-19-37-29/h11-12,17,19-20,23,27-28,30-32,37,39-40,43H,2-10,13-16,18,21-22,24-25H2,1H3,(H2,36,38)(H,41,42)/t27-,28-,30-,31-,32+,35+/m0/s1. The third-order valence-corrected chi connectivity index (χ3v) is 9.62. The third-order valence-electron chi connectivity index (χ3n) is 9.62. The number of nitrogens with two attached hydrogens (primary N) is 1. The number of hydrogen-bond donors (Lipinski definition) is 6. The van der Waals surface area contributed by atoms with Crippen molar-refractivity contribution in [2.24, 2.45) is 17.8 Å². The molecule has 1 fully saturated rings. The number of nitrogen functional groups attached to an aromatic ring is 1. The molecule has 8 heteroatoms. The Morgan fingerprint density at radius 3 is 2.35 bits per heavy atom. The maximum Gasteiger partial charge on any atom is 0.309 e. The Balaban J connectivity index is 1.45. The van der Waals surface area contributed by atoms with Crippen LogP contribution in [0.2, 0.25) is 0 Å². The number of aromatic amines is 1. The van der Waals surface area contributed by atoms with Gasteiger partial charge in [0, 0.05) is 18.1 Å². The van der Waals surface area contributed by atoms with Gasteiger partial charge in [-0.3, -0.25) is 4.79 Å². The van der Waals surface area contributed by atoms with Crippen LogP contribution in [0.25, 0.3) is 0 Å². The molecule has 0 radical (unpaired) electrons. The fraction of sp³-hybridized carbons (Fsp3) is 0.714. The van der Waals surface area contributed by atoms with E-state index in [4.69, 9.17) is 5.73 Å². The van der Waals surface area contributed by atoms with Crippen LogP contribution >= 0.6 is 0 Å². The van der Waals surface area contributed by atoms with Crippen LogP contribution in [0.1, 0.15) is 121 Å². The summed E-state index contributed by atoms with van der Waals surface area (Å²) in [4.78, 5) is 19.4. The van der Waals surface area contributed by atoms with Gasteiger partial charge in [0.1, 0.15) is 5.82 Å². The molecule has 2 heterocycles. The van der Waals surface area contributed by atoms with Crippen LogP contribution in [0.15, 0.2) is 36.7 Å². The van der Waals surface area contributed by atoms with E-state index >= 15 is 0 Å². The zero-order valence-corrected chi connectivity index (χ0v) is 26.3. The average molecular weight is 600 g/mol.